The van der Waals surface area contributed by atoms with Gasteiger partial charge in [-0.05, 0) is 47.9 Å². The molecule has 7 nitrogen and oxygen atoms in total. The quantitative estimate of drug-likeness (QED) is 0.774. The van der Waals surface area contributed by atoms with E-state index in [1.807, 2.05) is 0 Å². The monoisotopic (exact) mass is 404 g/mol. The highest BCUT2D eigenvalue weighted by atomic mass is 16.7. The largest absolute Gasteiger partial charge is 0.465 e. The third kappa shape index (κ3) is 2.86. The first kappa shape index (κ1) is 19.2. The Morgan fingerprint density at radius 3 is 2.21 bits per heavy atom. The SMILES string of the molecule is COC1CC(C2c3cc4c(cc3C(C)C3COC(=O)C32)OCO4)CC(OC)C1O. The fourth-order valence-corrected chi connectivity index (χ4v) is 6.02. The van der Waals surface area contributed by atoms with Crippen LogP contribution in [-0.2, 0) is 19.0 Å². The van der Waals surface area contributed by atoms with Crippen molar-refractivity contribution in [3.63, 3.8) is 0 Å². The highest BCUT2D eigenvalue weighted by Crippen LogP contribution is 2.57. The van der Waals surface area contributed by atoms with E-state index in [4.69, 9.17) is 23.7 Å². The van der Waals surface area contributed by atoms with Gasteiger partial charge in [-0.1, -0.05) is 6.92 Å². The molecule has 1 saturated carbocycles. The molecule has 7 heteroatoms. The summed E-state index contributed by atoms with van der Waals surface area (Å²) in [7, 11) is 3.23. The predicted molar refractivity (Wildman–Crippen MR) is 102 cm³/mol. The van der Waals surface area contributed by atoms with E-state index >= 15 is 0 Å². The van der Waals surface area contributed by atoms with E-state index < -0.39 is 6.10 Å². The molecular weight excluding hydrogens is 376 g/mol. The number of rotatable bonds is 3. The second kappa shape index (κ2) is 7.15. The number of methoxy groups -OCH3 is 2. The van der Waals surface area contributed by atoms with Gasteiger partial charge in [0.1, 0.15) is 6.10 Å². The van der Waals surface area contributed by atoms with Crippen molar-refractivity contribution in [1.82, 2.24) is 0 Å². The Balaban J connectivity index is 1.60. The molecule has 1 aromatic carbocycles. The fraction of sp³-hybridized carbons (Fsp3) is 0.682. The molecule has 2 aliphatic carbocycles. The summed E-state index contributed by atoms with van der Waals surface area (Å²) in [4.78, 5) is 12.8. The van der Waals surface area contributed by atoms with E-state index in [0.717, 1.165) is 17.1 Å². The Kier molecular flexibility index (Phi) is 4.72. The smallest absolute Gasteiger partial charge is 0.310 e. The summed E-state index contributed by atoms with van der Waals surface area (Å²) in [5, 5.41) is 10.6. The lowest BCUT2D eigenvalue weighted by atomic mass is 9.59. The van der Waals surface area contributed by atoms with Gasteiger partial charge in [-0.2, -0.15) is 0 Å². The first-order valence-corrected chi connectivity index (χ1v) is 10.4. The number of hydrogen-bond donors (Lipinski definition) is 1. The second-order valence-electron chi connectivity index (χ2n) is 8.74. The maximum atomic E-state index is 12.8. The Hall–Kier alpha value is -1.83. The van der Waals surface area contributed by atoms with Gasteiger partial charge in [0.25, 0.3) is 0 Å². The lowest BCUT2D eigenvalue weighted by Gasteiger charge is -2.46. The minimum atomic E-state index is -0.675. The Morgan fingerprint density at radius 2 is 1.59 bits per heavy atom. The van der Waals surface area contributed by atoms with Crippen molar-refractivity contribution in [2.45, 2.75) is 49.9 Å². The third-order valence-corrected chi connectivity index (χ3v) is 7.55. The number of fused-ring (bicyclic) bond motifs is 3. The van der Waals surface area contributed by atoms with Gasteiger partial charge in [0.05, 0.1) is 24.7 Å². The Morgan fingerprint density at radius 1 is 0.966 bits per heavy atom. The second-order valence-corrected chi connectivity index (χ2v) is 8.74. The molecule has 2 heterocycles. The number of aliphatic hydroxyl groups is 1. The normalized spacial score (nSPS) is 40.3. The molecule has 1 aromatic rings. The van der Waals surface area contributed by atoms with Crippen molar-refractivity contribution in [2.75, 3.05) is 27.6 Å². The van der Waals surface area contributed by atoms with Crippen LogP contribution in [0.5, 0.6) is 11.5 Å². The standard InChI is InChI=1S/C22H28O7/c1-10-12-6-15-16(29-9-28-15)7-13(12)19(20-14(10)8-27-22(20)24)11-4-17(25-2)21(23)18(5-11)26-3/h6-7,10-11,14,17-21,23H,4-5,8-9H2,1-3H3. The van der Waals surface area contributed by atoms with Crippen molar-refractivity contribution >= 4 is 5.97 Å². The highest BCUT2D eigenvalue weighted by Gasteiger charge is 2.54. The van der Waals surface area contributed by atoms with E-state index in [-0.39, 0.29) is 54.6 Å². The topological polar surface area (TPSA) is 83.5 Å². The number of hydrogen-bond acceptors (Lipinski definition) is 7. The van der Waals surface area contributed by atoms with Crippen LogP contribution >= 0.6 is 0 Å². The lowest BCUT2D eigenvalue weighted by molar-refractivity contribution is -0.146. The van der Waals surface area contributed by atoms with Gasteiger partial charge in [-0.3, -0.25) is 4.79 Å². The van der Waals surface area contributed by atoms with E-state index in [0.29, 0.717) is 19.4 Å². The average Bonchev–Trinajstić information content (AvgIpc) is 3.34. The first-order valence-electron chi connectivity index (χ1n) is 10.4. The van der Waals surface area contributed by atoms with Crippen LogP contribution < -0.4 is 9.47 Å². The number of esters is 1. The van der Waals surface area contributed by atoms with Crippen LogP contribution in [0.4, 0.5) is 0 Å². The maximum Gasteiger partial charge on any atom is 0.310 e. The van der Waals surface area contributed by atoms with Gasteiger partial charge in [-0.15, -0.1) is 0 Å². The fourth-order valence-electron chi connectivity index (χ4n) is 6.02. The van der Waals surface area contributed by atoms with Gasteiger partial charge >= 0.3 is 5.97 Å². The zero-order valence-corrected chi connectivity index (χ0v) is 17.0. The van der Waals surface area contributed by atoms with Crippen LogP contribution in [0.1, 0.15) is 42.7 Å². The van der Waals surface area contributed by atoms with Crippen LogP contribution in [0.2, 0.25) is 0 Å². The Labute approximate surface area is 170 Å². The molecule has 0 radical (unpaired) electrons. The molecule has 6 atom stereocenters. The van der Waals surface area contributed by atoms with Gasteiger partial charge in [0, 0.05) is 26.1 Å². The van der Waals surface area contributed by atoms with E-state index in [1.165, 1.54) is 5.56 Å². The number of ether oxygens (including phenoxy) is 5. The molecule has 158 valence electrons. The van der Waals surface area contributed by atoms with Gasteiger partial charge in [0.2, 0.25) is 6.79 Å². The first-order chi connectivity index (χ1) is 14.0. The summed E-state index contributed by atoms with van der Waals surface area (Å²) in [6.07, 6.45) is 0.00568. The van der Waals surface area contributed by atoms with Gasteiger partial charge in [0.15, 0.2) is 11.5 Å². The molecule has 1 N–H and O–H groups in total. The van der Waals surface area contributed by atoms with Crippen molar-refractivity contribution < 1.29 is 33.6 Å². The summed E-state index contributed by atoms with van der Waals surface area (Å²) in [5.74, 6) is 1.59. The molecule has 0 amide bonds. The summed E-state index contributed by atoms with van der Waals surface area (Å²) in [6, 6.07) is 4.13. The molecule has 29 heavy (non-hydrogen) atoms. The van der Waals surface area contributed by atoms with Gasteiger partial charge < -0.3 is 28.8 Å². The summed E-state index contributed by atoms with van der Waals surface area (Å²) in [5.41, 5.74) is 2.33. The minimum absolute atomic E-state index is 0.0292. The van der Waals surface area contributed by atoms with Crippen molar-refractivity contribution in [1.29, 1.82) is 0 Å². The predicted octanol–water partition coefficient (Wildman–Crippen LogP) is 2.21. The number of benzene rings is 1. The van der Waals surface area contributed by atoms with Crippen molar-refractivity contribution in [3.05, 3.63) is 23.3 Å². The Bertz CT molecular complexity index is 795. The number of carbonyl (C=O) groups is 1. The maximum absolute atomic E-state index is 12.8. The van der Waals surface area contributed by atoms with Gasteiger partial charge in [-0.25, -0.2) is 0 Å². The summed E-state index contributed by atoms with van der Waals surface area (Å²) in [6.45, 7) is 2.84. The van der Waals surface area contributed by atoms with Crippen molar-refractivity contribution in [3.8, 4) is 11.5 Å². The third-order valence-electron chi connectivity index (χ3n) is 7.55. The van der Waals surface area contributed by atoms with Crippen molar-refractivity contribution in [2.24, 2.45) is 17.8 Å². The molecule has 1 saturated heterocycles. The molecule has 2 aliphatic heterocycles. The average molecular weight is 404 g/mol. The molecule has 2 fully saturated rings. The van der Waals surface area contributed by atoms with Crippen LogP contribution in [0.25, 0.3) is 0 Å². The summed E-state index contributed by atoms with van der Waals surface area (Å²) >= 11 is 0. The van der Waals surface area contributed by atoms with E-state index in [1.54, 1.807) is 14.2 Å². The molecule has 6 unspecified atom stereocenters. The van der Waals surface area contributed by atoms with E-state index in [9.17, 15) is 9.90 Å². The number of carbonyl (C=O) groups excluding carboxylic acids is 1. The van der Waals surface area contributed by atoms with E-state index in [2.05, 4.69) is 19.1 Å². The number of cyclic esters (lactones) is 1. The summed E-state index contributed by atoms with van der Waals surface area (Å²) < 4.78 is 28.0. The zero-order chi connectivity index (χ0) is 20.3. The molecule has 0 spiro atoms. The molecule has 0 bridgehead atoms. The highest BCUT2D eigenvalue weighted by molar-refractivity contribution is 5.77. The van der Waals surface area contributed by atoms with Crippen LogP contribution in [0.15, 0.2) is 12.1 Å². The molecule has 4 aliphatic rings. The number of aliphatic hydroxyl groups excluding tert-OH is 1. The minimum Gasteiger partial charge on any atom is -0.465 e. The van der Waals surface area contributed by atoms with Crippen LogP contribution in [0.3, 0.4) is 0 Å². The molecular formula is C22H28O7. The lowest BCUT2D eigenvalue weighted by Crippen LogP contribution is -2.49. The zero-order valence-electron chi connectivity index (χ0n) is 17.0. The van der Waals surface area contributed by atoms with Crippen LogP contribution in [0, 0.1) is 17.8 Å². The molecule has 5 rings (SSSR count). The van der Waals surface area contributed by atoms with Crippen LogP contribution in [-0.4, -0.2) is 57.0 Å². The molecule has 0 aromatic heterocycles.